The third kappa shape index (κ3) is 2.78. The molecular formula is C12H15ClN4O2. The lowest BCUT2D eigenvalue weighted by atomic mass is 10.4. The van der Waals surface area contributed by atoms with Gasteiger partial charge in [-0.1, -0.05) is 0 Å². The number of fused-ring (bicyclic) bond motifs is 1. The standard InChI is InChI=1S/C12H15ClN4O2/c1-14-10(18)5-6-17-9(7-13)15-8-3-4-11(19-2)16-12(8)17/h3-4H,5-7H2,1-2H3,(H,14,18). The monoisotopic (exact) mass is 282 g/mol. The van der Waals surface area contributed by atoms with E-state index in [1.165, 1.54) is 0 Å². The minimum atomic E-state index is -0.0368. The average molecular weight is 283 g/mol. The lowest BCUT2D eigenvalue weighted by molar-refractivity contribution is -0.120. The molecule has 0 spiro atoms. The van der Waals surface area contributed by atoms with Gasteiger partial charge in [0.05, 0.1) is 13.0 Å². The van der Waals surface area contributed by atoms with E-state index in [4.69, 9.17) is 16.3 Å². The molecule has 2 heterocycles. The van der Waals surface area contributed by atoms with Gasteiger partial charge in [0.25, 0.3) is 0 Å². The Morgan fingerprint density at radius 1 is 1.47 bits per heavy atom. The first-order valence-electron chi connectivity index (χ1n) is 5.86. The molecular weight excluding hydrogens is 268 g/mol. The fourth-order valence-electron chi connectivity index (χ4n) is 1.82. The Kier molecular flexibility index (Phi) is 4.21. The Balaban J connectivity index is 2.40. The number of halogens is 1. The quantitative estimate of drug-likeness (QED) is 0.840. The average Bonchev–Trinajstić information content (AvgIpc) is 2.81. The number of aromatic nitrogens is 3. The smallest absolute Gasteiger partial charge is 0.221 e. The van der Waals surface area contributed by atoms with Crippen molar-refractivity contribution in [1.82, 2.24) is 19.9 Å². The summed E-state index contributed by atoms with van der Waals surface area (Å²) in [5.74, 6) is 1.44. The van der Waals surface area contributed by atoms with Crippen LogP contribution in [0.1, 0.15) is 12.2 Å². The van der Waals surface area contributed by atoms with Crippen molar-refractivity contribution < 1.29 is 9.53 Å². The predicted molar refractivity (Wildman–Crippen MR) is 72.3 cm³/mol. The molecule has 0 aromatic carbocycles. The molecule has 0 aliphatic carbocycles. The Morgan fingerprint density at radius 2 is 2.26 bits per heavy atom. The van der Waals surface area contributed by atoms with Crippen molar-refractivity contribution in [1.29, 1.82) is 0 Å². The number of alkyl halides is 1. The van der Waals surface area contributed by atoms with E-state index in [1.54, 1.807) is 20.2 Å². The lowest BCUT2D eigenvalue weighted by Crippen LogP contribution is -2.20. The number of methoxy groups -OCH3 is 1. The summed E-state index contributed by atoms with van der Waals surface area (Å²) in [6.07, 6.45) is 0.352. The number of nitrogens with zero attached hydrogens (tertiary/aromatic N) is 3. The fourth-order valence-corrected chi connectivity index (χ4v) is 2.02. The van der Waals surface area contributed by atoms with Crippen LogP contribution >= 0.6 is 11.6 Å². The van der Waals surface area contributed by atoms with Gasteiger partial charge < -0.3 is 14.6 Å². The number of ether oxygens (including phenoxy) is 1. The maximum Gasteiger partial charge on any atom is 0.221 e. The van der Waals surface area contributed by atoms with Crippen LogP contribution in [0, 0.1) is 0 Å². The highest BCUT2D eigenvalue weighted by molar-refractivity contribution is 6.16. The highest BCUT2D eigenvalue weighted by Crippen LogP contribution is 2.19. The number of carbonyl (C=O) groups is 1. The van der Waals surface area contributed by atoms with E-state index in [9.17, 15) is 4.79 Å². The van der Waals surface area contributed by atoms with Gasteiger partial charge in [-0.3, -0.25) is 4.79 Å². The minimum absolute atomic E-state index is 0.0368. The molecule has 0 fully saturated rings. The zero-order chi connectivity index (χ0) is 13.8. The molecule has 0 saturated carbocycles. The predicted octanol–water partition coefficient (Wildman–Crippen LogP) is 1.31. The molecule has 0 bridgehead atoms. The number of hydrogen-bond donors (Lipinski definition) is 1. The van der Waals surface area contributed by atoms with E-state index in [-0.39, 0.29) is 11.8 Å². The van der Waals surface area contributed by atoms with Gasteiger partial charge in [0.1, 0.15) is 11.3 Å². The number of aryl methyl sites for hydroxylation is 1. The van der Waals surface area contributed by atoms with Crippen LogP contribution in [0.4, 0.5) is 0 Å². The van der Waals surface area contributed by atoms with E-state index < -0.39 is 0 Å². The van der Waals surface area contributed by atoms with E-state index in [0.29, 0.717) is 30.3 Å². The zero-order valence-corrected chi connectivity index (χ0v) is 11.6. The van der Waals surface area contributed by atoms with Gasteiger partial charge in [-0.2, -0.15) is 4.98 Å². The van der Waals surface area contributed by atoms with Gasteiger partial charge >= 0.3 is 0 Å². The number of hydrogen-bond acceptors (Lipinski definition) is 4. The largest absolute Gasteiger partial charge is 0.481 e. The molecule has 1 N–H and O–H groups in total. The second-order valence-electron chi connectivity index (χ2n) is 3.93. The second-order valence-corrected chi connectivity index (χ2v) is 4.20. The Labute approximate surface area is 115 Å². The van der Waals surface area contributed by atoms with Crippen LogP contribution in [0.15, 0.2) is 12.1 Å². The number of carbonyl (C=O) groups excluding carboxylic acids is 1. The summed E-state index contributed by atoms with van der Waals surface area (Å²) in [6, 6.07) is 3.57. The zero-order valence-electron chi connectivity index (χ0n) is 10.8. The number of imidazole rings is 1. The minimum Gasteiger partial charge on any atom is -0.481 e. The fraction of sp³-hybridized carbons (Fsp3) is 0.417. The van der Waals surface area contributed by atoms with Crippen LogP contribution < -0.4 is 10.1 Å². The Bertz CT molecular complexity index is 597. The van der Waals surface area contributed by atoms with Gasteiger partial charge in [0, 0.05) is 26.1 Å². The molecule has 19 heavy (non-hydrogen) atoms. The SMILES string of the molecule is CNC(=O)CCn1c(CCl)nc2ccc(OC)nc21. The maximum absolute atomic E-state index is 11.3. The molecule has 0 aliphatic rings. The van der Waals surface area contributed by atoms with Crippen LogP contribution in [-0.2, 0) is 17.2 Å². The molecule has 2 aromatic heterocycles. The van der Waals surface area contributed by atoms with Crippen LogP contribution in [0.25, 0.3) is 11.2 Å². The summed E-state index contributed by atoms with van der Waals surface area (Å²) in [4.78, 5) is 20.1. The molecule has 0 aliphatic heterocycles. The molecule has 2 rings (SSSR count). The van der Waals surface area contributed by atoms with Gasteiger partial charge in [-0.05, 0) is 6.07 Å². The molecule has 102 valence electrons. The third-order valence-electron chi connectivity index (χ3n) is 2.82. The summed E-state index contributed by atoms with van der Waals surface area (Å²) >= 11 is 5.88. The number of nitrogens with one attached hydrogen (secondary N) is 1. The van der Waals surface area contributed by atoms with E-state index in [0.717, 1.165) is 5.52 Å². The van der Waals surface area contributed by atoms with Crippen molar-refractivity contribution in [2.75, 3.05) is 14.2 Å². The van der Waals surface area contributed by atoms with Crippen molar-refractivity contribution in [3.8, 4) is 5.88 Å². The highest BCUT2D eigenvalue weighted by Gasteiger charge is 2.13. The van der Waals surface area contributed by atoms with E-state index >= 15 is 0 Å². The molecule has 7 heteroatoms. The first-order chi connectivity index (χ1) is 9.19. The van der Waals surface area contributed by atoms with Crippen LogP contribution in [0.2, 0.25) is 0 Å². The summed E-state index contributed by atoms with van der Waals surface area (Å²) in [6.45, 7) is 0.485. The first-order valence-corrected chi connectivity index (χ1v) is 6.39. The van der Waals surface area contributed by atoms with Crippen molar-refractivity contribution in [2.24, 2.45) is 0 Å². The number of pyridine rings is 1. The topological polar surface area (TPSA) is 69.0 Å². The Hall–Kier alpha value is -1.82. The molecule has 0 unspecified atom stereocenters. The van der Waals surface area contributed by atoms with Gasteiger partial charge in [-0.25, -0.2) is 4.98 Å². The van der Waals surface area contributed by atoms with E-state index in [1.807, 2.05) is 10.6 Å². The van der Waals surface area contributed by atoms with E-state index in [2.05, 4.69) is 15.3 Å². The first kappa shape index (κ1) is 13.6. The molecule has 0 saturated heterocycles. The maximum atomic E-state index is 11.3. The van der Waals surface area contributed by atoms with Crippen molar-refractivity contribution in [3.05, 3.63) is 18.0 Å². The molecule has 0 radical (unpaired) electrons. The normalized spacial score (nSPS) is 10.7. The van der Waals surface area contributed by atoms with Crippen molar-refractivity contribution >= 4 is 28.7 Å². The molecule has 1 amide bonds. The second kappa shape index (κ2) is 5.88. The molecule has 2 aromatic rings. The summed E-state index contributed by atoms with van der Waals surface area (Å²) in [5.41, 5.74) is 1.42. The van der Waals surface area contributed by atoms with Crippen molar-refractivity contribution in [3.63, 3.8) is 0 Å². The summed E-state index contributed by atoms with van der Waals surface area (Å²) in [5, 5.41) is 2.58. The summed E-state index contributed by atoms with van der Waals surface area (Å²) in [7, 11) is 3.17. The van der Waals surface area contributed by atoms with Gasteiger partial charge in [-0.15, -0.1) is 11.6 Å². The third-order valence-corrected chi connectivity index (χ3v) is 3.05. The molecule has 0 atom stereocenters. The van der Waals surface area contributed by atoms with Crippen LogP contribution in [0.3, 0.4) is 0 Å². The van der Waals surface area contributed by atoms with Gasteiger partial charge in [0.2, 0.25) is 11.8 Å². The van der Waals surface area contributed by atoms with Crippen molar-refractivity contribution in [2.45, 2.75) is 18.8 Å². The Morgan fingerprint density at radius 3 is 2.89 bits per heavy atom. The lowest BCUT2D eigenvalue weighted by Gasteiger charge is -2.06. The van der Waals surface area contributed by atoms with Gasteiger partial charge in [0.15, 0.2) is 5.65 Å². The molecule has 6 nitrogen and oxygen atoms in total. The van der Waals surface area contributed by atoms with Crippen LogP contribution in [-0.4, -0.2) is 34.6 Å². The van der Waals surface area contributed by atoms with Crippen LogP contribution in [0.5, 0.6) is 5.88 Å². The number of amides is 1. The number of rotatable bonds is 5. The summed E-state index contributed by atoms with van der Waals surface area (Å²) < 4.78 is 6.95. The highest BCUT2D eigenvalue weighted by atomic mass is 35.5.